The number of hydrogen-bond donors (Lipinski definition) is 2. The summed E-state index contributed by atoms with van der Waals surface area (Å²) in [5, 5.41) is 10.8. The summed E-state index contributed by atoms with van der Waals surface area (Å²) in [5.41, 5.74) is 1.13. The number of aromatic nitrogens is 2. The van der Waals surface area contributed by atoms with Crippen LogP contribution in [0.25, 0.3) is 17.1 Å². The van der Waals surface area contributed by atoms with Crippen molar-refractivity contribution in [3.8, 4) is 0 Å². The average molecular weight is 355 g/mol. The molecule has 0 fully saturated rings. The van der Waals surface area contributed by atoms with E-state index in [4.69, 9.17) is 11.6 Å². The summed E-state index contributed by atoms with van der Waals surface area (Å²) in [6, 6.07) is 14.1. The number of carbonyl (C=O) groups excluding carboxylic acids is 1. The fourth-order valence-electron chi connectivity index (χ4n) is 2.45. The zero-order chi connectivity index (χ0) is 18.0. The second-order valence-electron chi connectivity index (χ2n) is 5.64. The van der Waals surface area contributed by atoms with Gasteiger partial charge in [0.2, 0.25) is 5.78 Å². The molecule has 3 aromatic rings. The van der Waals surface area contributed by atoms with E-state index in [0.29, 0.717) is 21.6 Å². The molecule has 0 unspecified atom stereocenters. The number of benzene rings is 2. The molecule has 1 aromatic heterocycles. The molecule has 3 rings (SSSR count). The lowest BCUT2D eigenvalue weighted by molar-refractivity contribution is 0.0800. The van der Waals surface area contributed by atoms with Gasteiger partial charge in [0.25, 0.3) is 5.56 Å². The number of ketones is 1. The van der Waals surface area contributed by atoms with E-state index >= 15 is 0 Å². The van der Waals surface area contributed by atoms with Crippen molar-refractivity contribution in [3.63, 3.8) is 0 Å². The Morgan fingerprint density at radius 3 is 2.68 bits per heavy atom. The zero-order valence-electron chi connectivity index (χ0n) is 13.4. The Bertz CT molecular complexity index is 1030. The lowest BCUT2D eigenvalue weighted by Gasteiger charge is -2.10. The number of nitrogens with one attached hydrogen (secondary N) is 1. The summed E-state index contributed by atoms with van der Waals surface area (Å²) in [6.45, 7) is 1.63. The Kier molecular flexibility index (Phi) is 4.79. The number of hydrogen-bond acceptors (Lipinski definition) is 4. The molecular weight excluding hydrogens is 340 g/mol. The third-order valence-electron chi connectivity index (χ3n) is 3.76. The second kappa shape index (κ2) is 7.01. The summed E-state index contributed by atoms with van der Waals surface area (Å²) in [7, 11) is 0. The maximum Gasteiger partial charge on any atom is 0.278 e. The SMILES string of the molecule is C/C(=C\c1ccccc1)[C@@H](O)C(=O)c1nc2ccc(Cl)cc2[nH]c1=O. The van der Waals surface area contributed by atoms with Crippen molar-refractivity contribution >= 4 is 34.5 Å². The molecule has 1 heterocycles. The van der Waals surface area contributed by atoms with E-state index < -0.39 is 17.4 Å². The van der Waals surface area contributed by atoms with Gasteiger partial charge in [-0.05, 0) is 36.3 Å². The molecule has 126 valence electrons. The fourth-order valence-corrected chi connectivity index (χ4v) is 2.63. The molecule has 0 saturated carbocycles. The van der Waals surface area contributed by atoms with Crippen molar-refractivity contribution in [1.82, 2.24) is 9.97 Å². The largest absolute Gasteiger partial charge is 0.380 e. The van der Waals surface area contributed by atoms with E-state index in [-0.39, 0.29) is 5.69 Å². The lowest BCUT2D eigenvalue weighted by Crippen LogP contribution is -2.29. The Morgan fingerprint density at radius 2 is 1.96 bits per heavy atom. The van der Waals surface area contributed by atoms with Crippen LogP contribution in [0.15, 0.2) is 58.9 Å². The van der Waals surface area contributed by atoms with Crippen LogP contribution in [0, 0.1) is 0 Å². The number of carbonyl (C=O) groups is 1. The van der Waals surface area contributed by atoms with Gasteiger partial charge >= 0.3 is 0 Å². The molecule has 0 radical (unpaired) electrons. The van der Waals surface area contributed by atoms with E-state index in [0.717, 1.165) is 5.56 Å². The number of H-pyrrole nitrogens is 1. The van der Waals surface area contributed by atoms with Crippen LogP contribution in [0.3, 0.4) is 0 Å². The first-order chi connectivity index (χ1) is 12.0. The number of aliphatic hydroxyl groups excluding tert-OH is 1. The quantitative estimate of drug-likeness (QED) is 0.705. The van der Waals surface area contributed by atoms with Crippen LogP contribution in [0.1, 0.15) is 23.0 Å². The van der Waals surface area contributed by atoms with Crippen LogP contribution >= 0.6 is 11.6 Å². The summed E-state index contributed by atoms with van der Waals surface area (Å²) in [4.78, 5) is 31.3. The smallest absolute Gasteiger partial charge is 0.278 e. The van der Waals surface area contributed by atoms with Gasteiger partial charge in [-0.15, -0.1) is 0 Å². The molecule has 0 aliphatic rings. The number of halogens is 1. The molecule has 0 aliphatic carbocycles. The average Bonchev–Trinajstić information content (AvgIpc) is 2.60. The molecule has 0 saturated heterocycles. The van der Waals surface area contributed by atoms with Crippen molar-refractivity contribution in [2.75, 3.05) is 0 Å². The Morgan fingerprint density at radius 1 is 1.24 bits per heavy atom. The Labute approximate surface area is 148 Å². The van der Waals surface area contributed by atoms with Crippen LogP contribution in [0.5, 0.6) is 0 Å². The third-order valence-corrected chi connectivity index (χ3v) is 4.00. The highest BCUT2D eigenvalue weighted by molar-refractivity contribution is 6.31. The van der Waals surface area contributed by atoms with E-state index in [9.17, 15) is 14.7 Å². The Balaban J connectivity index is 1.96. The minimum atomic E-state index is -1.45. The number of fused-ring (bicyclic) bond motifs is 1. The van der Waals surface area contributed by atoms with Crippen LogP contribution in [0.2, 0.25) is 5.02 Å². The van der Waals surface area contributed by atoms with Gasteiger partial charge in [0.05, 0.1) is 11.0 Å². The molecule has 0 amide bonds. The number of aromatic amines is 1. The van der Waals surface area contributed by atoms with Crippen LogP contribution in [-0.2, 0) is 0 Å². The van der Waals surface area contributed by atoms with Crippen molar-refractivity contribution in [3.05, 3.63) is 80.7 Å². The Hall–Kier alpha value is -2.76. The predicted molar refractivity (Wildman–Crippen MR) is 97.8 cm³/mol. The second-order valence-corrected chi connectivity index (χ2v) is 6.08. The molecule has 0 bridgehead atoms. The van der Waals surface area contributed by atoms with Gasteiger partial charge in [-0.2, -0.15) is 0 Å². The molecular formula is C19H15ClN2O3. The zero-order valence-corrected chi connectivity index (χ0v) is 14.1. The highest BCUT2D eigenvalue weighted by Gasteiger charge is 2.23. The highest BCUT2D eigenvalue weighted by Crippen LogP contribution is 2.16. The predicted octanol–water partition coefficient (Wildman–Crippen LogP) is 3.22. The van der Waals surface area contributed by atoms with Gasteiger partial charge < -0.3 is 10.1 Å². The van der Waals surface area contributed by atoms with Crippen LogP contribution in [-0.4, -0.2) is 27.0 Å². The number of rotatable bonds is 4. The first kappa shape index (κ1) is 17.1. The van der Waals surface area contributed by atoms with Crippen LogP contribution in [0.4, 0.5) is 0 Å². The van der Waals surface area contributed by atoms with Crippen molar-refractivity contribution in [2.24, 2.45) is 0 Å². The van der Waals surface area contributed by atoms with E-state index in [2.05, 4.69) is 9.97 Å². The van der Waals surface area contributed by atoms with Crippen molar-refractivity contribution in [1.29, 1.82) is 0 Å². The summed E-state index contributed by atoms with van der Waals surface area (Å²) < 4.78 is 0. The molecule has 1 atom stereocenters. The fraction of sp³-hybridized carbons (Fsp3) is 0.105. The monoisotopic (exact) mass is 354 g/mol. The normalized spacial score (nSPS) is 13.0. The minimum absolute atomic E-state index is 0.330. The first-order valence-electron chi connectivity index (χ1n) is 7.61. The van der Waals surface area contributed by atoms with Crippen LogP contribution < -0.4 is 5.56 Å². The molecule has 0 aliphatic heterocycles. The highest BCUT2D eigenvalue weighted by atomic mass is 35.5. The topological polar surface area (TPSA) is 83.0 Å². The van der Waals surface area contributed by atoms with Gasteiger partial charge in [-0.1, -0.05) is 48.0 Å². The maximum absolute atomic E-state index is 12.5. The number of nitrogens with zero attached hydrogens (tertiary/aromatic N) is 1. The van der Waals surface area contributed by atoms with E-state index in [1.807, 2.05) is 30.3 Å². The summed E-state index contributed by atoms with van der Waals surface area (Å²) >= 11 is 5.88. The van der Waals surface area contributed by atoms with Gasteiger partial charge in [-0.3, -0.25) is 9.59 Å². The lowest BCUT2D eigenvalue weighted by atomic mass is 10.0. The van der Waals surface area contributed by atoms with E-state index in [1.165, 1.54) is 0 Å². The van der Waals surface area contributed by atoms with Gasteiger partial charge in [0, 0.05) is 5.02 Å². The first-order valence-corrected chi connectivity index (χ1v) is 7.98. The maximum atomic E-state index is 12.5. The minimum Gasteiger partial charge on any atom is -0.380 e. The number of Topliss-reactive ketones (excluding diaryl/α,β-unsaturated/α-hetero) is 1. The summed E-state index contributed by atoms with van der Waals surface area (Å²) in [6.07, 6.45) is 0.246. The molecule has 5 nitrogen and oxygen atoms in total. The standard InChI is InChI=1S/C19H15ClN2O3/c1-11(9-12-5-3-2-4-6-12)17(23)18(24)16-19(25)22-15-10-13(20)7-8-14(15)21-16/h2-10,17,23H,1H3,(H,22,25)/b11-9+/t17-/m1/s1. The van der Waals surface area contributed by atoms with Crippen molar-refractivity contribution < 1.29 is 9.90 Å². The van der Waals surface area contributed by atoms with E-state index in [1.54, 1.807) is 31.2 Å². The van der Waals surface area contributed by atoms with Gasteiger partial charge in [-0.25, -0.2) is 4.98 Å². The molecule has 0 spiro atoms. The summed E-state index contributed by atoms with van der Waals surface area (Å²) in [5.74, 6) is -0.747. The van der Waals surface area contributed by atoms with Gasteiger partial charge in [0.15, 0.2) is 5.69 Å². The van der Waals surface area contributed by atoms with Crippen molar-refractivity contribution in [2.45, 2.75) is 13.0 Å². The molecule has 2 N–H and O–H groups in total. The third kappa shape index (κ3) is 3.68. The molecule has 6 heteroatoms. The molecule has 2 aromatic carbocycles. The molecule has 25 heavy (non-hydrogen) atoms. The number of aliphatic hydroxyl groups is 1. The van der Waals surface area contributed by atoms with Gasteiger partial charge in [0.1, 0.15) is 6.10 Å².